The fourth-order valence-electron chi connectivity index (χ4n) is 6.62. The lowest BCUT2D eigenvalue weighted by Gasteiger charge is -2.29. The zero-order valence-electron chi connectivity index (χ0n) is 28.0. The summed E-state index contributed by atoms with van der Waals surface area (Å²) in [6.07, 6.45) is 0. The summed E-state index contributed by atoms with van der Waals surface area (Å²) in [6.45, 7) is 0. The average Bonchev–Trinajstić information content (AvgIpc) is 3.25. The molecule has 0 radical (unpaired) electrons. The predicted molar refractivity (Wildman–Crippen MR) is 212 cm³/mol. The molecule has 0 aliphatic carbocycles. The molecule has 0 aliphatic heterocycles. The summed E-state index contributed by atoms with van der Waals surface area (Å²) in [5.41, 5.74) is 9.39. The molecule has 0 N–H and O–H groups in total. The molecule has 0 spiro atoms. The van der Waals surface area contributed by atoms with Gasteiger partial charge in [0.05, 0.1) is 0 Å². The Morgan fingerprint density at radius 2 is 0.296 bits per heavy atom. The molecule has 12 nitrogen and oxygen atoms in total. The molecule has 0 saturated heterocycles. The summed E-state index contributed by atoms with van der Waals surface area (Å²) in [5.74, 6) is 0. The maximum absolute atomic E-state index is 11.6. The Morgan fingerprint density at radius 1 is 0.185 bits per heavy atom. The third-order valence-electron chi connectivity index (χ3n) is 9.07. The third-order valence-corrected chi connectivity index (χ3v) is 9.07. The minimum Gasteiger partial charge on any atom is -0.145 e. The van der Waals surface area contributed by atoms with Crippen LogP contribution >= 0.6 is 0 Å². The van der Waals surface area contributed by atoms with Crippen molar-refractivity contribution in [3.63, 3.8) is 0 Å². The van der Waals surface area contributed by atoms with Gasteiger partial charge in [0.25, 0.3) is 0 Å². The molecule has 7 aromatic carbocycles. The van der Waals surface area contributed by atoms with E-state index in [1.807, 2.05) is 0 Å². The number of nitroso groups, excluding NO2 is 6. The number of rotatable bonds is 12. The normalized spacial score (nSPS) is 10.7. The highest BCUT2D eigenvalue weighted by Crippen LogP contribution is 2.56. The third kappa shape index (κ3) is 6.53. The van der Waals surface area contributed by atoms with Gasteiger partial charge in [0.15, 0.2) is 0 Å². The van der Waals surface area contributed by atoms with E-state index in [0.717, 1.165) is 0 Å². The quantitative estimate of drug-likeness (QED) is 0.114. The summed E-state index contributed by atoms with van der Waals surface area (Å²) in [6, 6.07) is 40.5. The van der Waals surface area contributed by atoms with Crippen LogP contribution in [0.25, 0.3) is 66.8 Å². The van der Waals surface area contributed by atoms with Gasteiger partial charge in [-0.1, -0.05) is 72.8 Å². The van der Waals surface area contributed by atoms with Crippen LogP contribution in [0.2, 0.25) is 0 Å². The topological polar surface area (TPSA) is 177 Å². The van der Waals surface area contributed by atoms with Crippen LogP contribution in [0.4, 0.5) is 34.1 Å². The molecule has 54 heavy (non-hydrogen) atoms. The van der Waals surface area contributed by atoms with Crippen LogP contribution in [0.15, 0.2) is 177 Å². The van der Waals surface area contributed by atoms with Crippen molar-refractivity contribution in [2.75, 3.05) is 0 Å². The Labute approximate surface area is 306 Å². The average molecular weight is 709 g/mol. The van der Waals surface area contributed by atoms with Crippen LogP contribution in [0.5, 0.6) is 0 Å². The summed E-state index contributed by atoms with van der Waals surface area (Å²) >= 11 is 0. The van der Waals surface area contributed by atoms with Crippen molar-refractivity contribution in [1.82, 2.24) is 0 Å². The van der Waals surface area contributed by atoms with E-state index in [0.29, 0.717) is 66.8 Å². The van der Waals surface area contributed by atoms with Crippen molar-refractivity contribution in [2.45, 2.75) is 0 Å². The lowest BCUT2D eigenvalue weighted by Crippen LogP contribution is -2.02. The van der Waals surface area contributed by atoms with Crippen molar-refractivity contribution < 1.29 is 0 Å². The maximum atomic E-state index is 11.6. The molecule has 0 fully saturated rings. The second-order valence-electron chi connectivity index (χ2n) is 12.1. The van der Waals surface area contributed by atoms with E-state index < -0.39 is 0 Å². The molecule has 0 aliphatic rings. The van der Waals surface area contributed by atoms with Gasteiger partial charge in [0, 0.05) is 0 Å². The van der Waals surface area contributed by atoms with E-state index in [1.165, 1.54) is 0 Å². The van der Waals surface area contributed by atoms with Crippen LogP contribution in [0.3, 0.4) is 0 Å². The van der Waals surface area contributed by atoms with Gasteiger partial charge < -0.3 is 0 Å². The van der Waals surface area contributed by atoms with Gasteiger partial charge in [-0.05, 0) is 171 Å². The maximum Gasteiger partial charge on any atom is 0.108 e. The molecule has 0 atom stereocenters. The van der Waals surface area contributed by atoms with Gasteiger partial charge in [-0.15, -0.1) is 29.4 Å². The zero-order valence-corrected chi connectivity index (χ0v) is 28.0. The Hall–Kier alpha value is -7.86. The minimum absolute atomic E-state index is 0.208. The smallest absolute Gasteiger partial charge is 0.108 e. The first-order chi connectivity index (χ1) is 26.5. The van der Waals surface area contributed by atoms with Gasteiger partial charge in [-0.2, -0.15) is 0 Å². The van der Waals surface area contributed by atoms with Gasteiger partial charge >= 0.3 is 0 Å². The summed E-state index contributed by atoms with van der Waals surface area (Å²) in [7, 11) is 0. The Morgan fingerprint density at radius 3 is 0.389 bits per heavy atom. The second kappa shape index (κ2) is 15.2. The highest BCUT2D eigenvalue weighted by Gasteiger charge is 2.29. The first-order valence-corrected chi connectivity index (χ1v) is 16.4. The summed E-state index contributed by atoms with van der Waals surface area (Å²) < 4.78 is 0. The Kier molecular flexibility index (Phi) is 9.72. The molecule has 0 unspecified atom stereocenters. The van der Waals surface area contributed by atoms with E-state index in [4.69, 9.17) is 0 Å². The van der Waals surface area contributed by atoms with Gasteiger partial charge in [0.2, 0.25) is 0 Å². The molecule has 0 saturated carbocycles. The number of nitrogens with zero attached hydrogens (tertiary/aromatic N) is 6. The summed E-state index contributed by atoms with van der Waals surface area (Å²) in [4.78, 5) is 69.5. The molecule has 0 bridgehead atoms. The number of hydrogen-bond acceptors (Lipinski definition) is 12. The molecule has 0 heterocycles. The second-order valence-corrected chi connectivity index (χ2v) is 12.1. The van der Waals surface area contributed by atoms with E-state index in [-0.39, 0.29) is 34.1 Å². The largest absolute Gasteiger partial charge is 0.145 e. The molecule has 258 valence electrons. The van der Waals surface area contributed by atoms with Crippen molar-refractivity contribution in [2.24, 2.45) is 31.1 Å². The highest BCUT2D eigenvalue weighted by molar-refractivity contribution is 6.15. The standard InChI is InChI=1S/C42H24N6O6/c49-43-31-13-1-25(2-14-31)37-38(26-3-15-32(44-50)16-4-26)40(28-7-19-34(46-52)20-8-28)42(30-11-23-36(48-54)24-12-30)41(29-9-21-35(47-53)22-10-29)39(37)27-5-17-33(45-51)18-6-27/h1-24H. The van der Waals surface area contributed by atoms with Gasteiger partial charge in [0.1, 0.15) is 34.1 Å². The number of benzene rings is 7. The van der Waals surface area contributed by atoms with E-state index in [9.17, 15) is 29.4 Å². The zero-order chi connectivity index (χ0) is 37.6. The molecule has 0 aromatic heterocycles. The van der Waals surface area contributed by atoms with Crippen LogP contribution in [-0.4, -0.2) is 0 Å². The fourth-order valence-corrected chi connectivity index (χ4v) is 6.62. The SMILES string of the molecule is O=Nc1ccc(-c2c(-c3ccc(N=O)cc3)c(-c3ccc(N=O)cc3)c(-c3ccc(N=O)cc3)c(-c3ccc(N=O)cc3)c2-c2ccc(N=O)cc2)cc1. The fraction of sp³-hybridized carbons (Fsp3) is 0. The molecular formula is C42H24N6O6. The highest BCUT2D eigenvalue weighted by atomic mass is 16.3. The molecule has 7 rings (SSSR count). The number of hydrogen-bond donors (Lipinski definition) is 0. The Bertz CT molecular complexity index is 2070. The van der Waals surface area contributed by atoms with Crippen LogP contribution in [0.1, 0.15) is 0 Å². The molecular weight excluding hydrogens is 684 g/mol. The van der Waals surface area contributed by atoms with Crippen LogP contribution in [0, 0.1) is 29.4 Å². The summed E-state index contributed by atoms with van der Waals surface area (Å²) in [5, 5.41) is 18.6. The molecule has 7 aromatic rings. The van der Waals surface area contributed by atoms with Gasteiger partial charge in [-0.25, -0.2) is 0 Å². The van der Waals surface area contributed by atoms with Crippen molar-refractivity contribution in [3.05, 3.63) is 175 Å². The first kappa shape index (κ1) is 34.6. The van der Waals surface area contributed by atoms with Crippen molar-refractivity contribution in [1.29, 1.82) is 0 Å². The van der Waals surface area contributed by atoms with Crippen molar-refractivity contribution >= 4 is 34.1 Å². The van der Waals surface area contributed by atoms with E-state index in [2.05, 4.69) is 31.1 Å². The first-order valence-electron chi connectivity index (χ1n) is 16.4. The molecule has 0 amide bonds. The lowest BCUT2D eigenvalue weighted by atomic mass is 9.74. The Balaban J connectivity index is 1.80. The molecule has 12 heteroatoms. The minimum atomic E-state index is 0.208. The van der Waals surface area contributed by atoms with E-state index in [1.54, 1.807) is 146 Å². The van der Waals surface area contributed by atoms with Crippen molar-refractivity contribution in [3.8, 4) is 66.8 Å². The lowest BCUT2D eigenvalue weighted by molar-refractivity contribution is 1.45. The van der Waals surface area contributed by atoms with E-state index >= 15 is 0 Å². The monoisotopic (exact) mass is 708 g/mol. The van der Waals surface area contributed by atoms with Gasteiger partial charge in [-0.3, -0.25) is 0 Å². The van der Waals surface area contributed by atoms with Crippen LogP contribution < -0.4 is 0 Å². The van der Waals surface area contributed by atoms with Crippen LogP contribution in [-0.2, 0) is 0 Å². The predicted octanol–water partition coefficient (Wildman–Crippen LogP) is 14.1.